The van der Waals surface area contributed by atoms with E-state index in [1.165, 1.54) is 35.7 Å². The molecule has 2 fully saturated rings. The number of pyridine rings is 6. The van der Waals surface area contributed by atoms with Crippen LogP contribution in [0.1, 0.15) is 31.8 Å². The van der Waals surface area contributed by atoms with Crippen LogP contribution in [-0.2, 0) is 12.8 Å². The van der Waals surface area contributed by atoms with E-state index in [0.29, 0.717) is 83.3 Å². The van der Waals surface area contributed by atoms with Gasteiger partial charge in [0.25, 0.3) is 11.8 Å². The fraction of sp³-hybridized carbons (Fsp3) is 0.147. The summed E-state index contributed by atoms with van der Waals surface area (Å²) in [5.41, 5.74) is 12.5. The summed E-state index contributed by atoms with van der Waals surface area (Å²) in [4.78, 5) is 107. The van der Waals surface area contributed by atoms with E-state index in [2.05, 4.69) is 148 Å². The maximum atomic E-state index is 12.9. The number of carbonyl (C=O) groups excluding carboxylic acids is 2. The van der Waals surface area contributed by atoms with Crippen LogP contribution < -0.4 is 26.9 Å². The number of hydrogen-bond donors (Lipinski definition) is 5. The van der Waals surface area contributed by atoms with E-state index in [-0.39, 0.29) is 33.1 Å². The summed E-state index contributed by atoms with van der Waals surface area (Å²) < 4.78 is 1.08. The number of likely N-dealkylation sites (N-methyl/N-ethyl adjacent to an activating group) is 2. The molecule has 2 saturated heterocycles. The lowest BCUT2D eigenvalue weighted by atomic mass is 10.0. The van der Waals surface area contributed by atoms with E-state index in [0.717, 1.165) is 157 Å². The predicted octanol–water partition coefficient (Wildman–Crippen LogP) is 22.3. The van der Waals surface area contributed by atoms with E-state index in [9.17, 15) is 24.0 Å². The number of aromatic amines is 3. The van der Waals surface area contributed by atoms with Gasteiger partial charge in [0.15, 0.2) is 39.3 Å². The van der Waals surface area contributed by atoms with Gasteiger partial charge in [0, 0.05) is 178 Å². The van der Waals surface area contributed by atoms with Crippen LogP contribution in [0.4, 0.5) is 39.8 Å². The fourth-order valence-corrected chi connectivity index (χ4v) is 15.3. The molecule has 2 aliphatic rings. The summed E-state index contributed by atoms with van der Waals surface area (Å²) >= 11 is 32.5. The Morgan fingerprint density at radius 3 is 1.21 bits per heavy atom. The number of amides is 2. The number of aromatic nitrogens is 6. The maximum absolute atomic E-state index is 12.9. The monoisotopic (exact) mass is 1830 g/mol. The second kappa shape index (κ2) is 40.8. The number of H-pyrrole nitrogens is 3. The molecule has 610 valence electrons. The zero-order chi connectivity index (χ0) is 86.8. The number of hydrogen-bond acceptors (Lipinski definition) is 12. The minimum atomic E-state index is -0.245. The third-order valence-corrected chi connectivity index (χ3v) is 22.9. The first kappa shape index (κ1) is 87.5. The smallest absolute Gasteiger partial charge is 0.253 e. The van der Waals surface area contributed by atoms with Gasteiger partial charge in [-0.05, 0) is 185 Å². The van der Waals surface area contributed by atoms with Crippen LogP contribution in [0.2, 0.25) is 25.1 Å². The van der Waals surface area contributed by atoms with Crippen LogP contribution in [0.15, 0.2) is 246 Å². The molecular weight excluding hydrogens is 1760 g/mol. The molecule has 0 radical (unpaired) electrons. The second-order valence-corrected chi connectivity index (χ2v) is 31.9. The average Bonchev–Trinajstić information content (AvgIpc) is 0.809. The number of carbonyl (C=O) groups is 2. The maximum Gasteiger partial charge on any atom is 0.253 e. The minimum absolute atomic E-state index is 0.0562. The van der Waals surface area contributed by atoms with Gasteiger partial charge in [-0.25, -0.2) is 24.2 Å². The Balaban J connectivity index is 0.000000136. The topological polar surface area (TPSA) is 230 Å². The minimum Gasteiger partial charge on any atom is -0.383 e. The predicted molar refractivity (Wildman–Crippen MR) is 507 cm³/mol. The van der Waals surface area contributed by atoms with Crippen molar-refractivity contribution in [3.63, 3.8) is 0 Å². The third kappa shape index (κ3) is 21.7. The molecule has 2 aliphatic heterocycles. The molecule has 8 heterocycles. The van der Waals surface area contributed by atoms with Gasteiger partial charge >= 0.3 is 0 Å². The number of anilines is 2. The molecular formula is C95H73Cl5IN17O5. The van der Waals surface area contributed by atoms with Crippen LogP contribution in [0.3, 0.4) is 0 Å². The van der Waals surface area contributed by atoms with Gasteiger partial charge in [-0.3, -0.25) is 38.9 Å². The van der Waals surface area contributed by atoms with Crippen LogP contribution in [0.5, 0.6) is 0 Å². The number of nitrogens with zero attached hydrogens (tertiary/aromatic N) is 12. The summed E-state index contributed by atoms with van der Waals surface area (Å²) in [7, 11) is 4.18. The van der Waals surface area contributed by atoms with Crippen molar-refractivity contribution < 1.29 is 9.59 Å². The Kier molecular flexibility index (Phi) is 29.0. The first-order chi connectivity index (χ1) is 59.5. The van der Waals surface area contributed by atoms with E-state index >= 15 is 0 Å². The molecule has 0 bridgehead atoms. The van der Waals surface area contributed by atoms with Crippen molar-refractivity contribution in [1.29, 1.82) is 0 Å². The highest BCUT2D eigenvalue weighted by atomic mass is 127. The quantitative estimate of drug-likeness (QED) is 0.0636. The van der Waals surface area contributed by atoms with Crippen molar-refractivity contribution in [2.45, 2.75) is 12.8 Å². The molecule has 0 saturated carbocycles. The van der Waals surface area contributed by atoms with Crippen LogP contribution in [0, 0.1) is 36.4 Å². The molecule has 5 N–H and O–H groups in total. The van der Waals surface area contributed by atoms with Crippen molar-refractivity contribution in [1.82, 2.24) is 49.5 Å². The zero-order valence-electron chi connectivity index (χ0n) is 66.1. The van der Waals surface area contributed by atoms with Gasteiger partial charge < -0.3 is 45.2 Å². The van der Waals surface area contributed by atoms with E-state index in [1.807, 2.05) is 88.7 Å². The third-order valence-electron chi connectivity index (χ3n) is 20.6. The lowest BCUT2D eigenvalue weighted by Gasteiger charge is -2.32. The number of rotatable bonds is 10. The van der Waals surface area contributed by atoms with Crippen molar-refractivity contribution >= 4 is 219 Å². The molecule has 0 aliphatic carbocycles. The standard InChI is InChI=1S/2C28H26ClN5O.C10H4Cl2N2.C10H5ClN2O.C10H6N2O.C9H6INO/c2*1-30-23-7-8-26-24(17-23)27(25(29)18-32-26)31-10-9-19-3-4-21-16-22(6-5-20(21)15-19)28(35)34-13-11-33(2)12-14-34;1-13-6-2-3-9-7(4-6)10(12)8(11)5-14-9;1-12-6-2-3-9-7(4-6)10(14)8(11)5-13-9;1-11-7-2-3-9-8(6-7)10(13)4-5-12-9;10-6-1-2-8-7(5-6)9(12)3-4-11-8/h2*3-8,15-18H,9-14H2,2H3,(H,31,32);2-5H;2-5H,(H,13,14);2-6H,(H,12,13);1-5H,(H,11,12). The number of benzene rings is 10. The zero-order valence-corrected chi connectivity index (χ0v) is 72.0. The molecule has 0 spiro atoms. The molecule has 10 aromatic carbocycles. The molecule has 0 unspecified atom stereocenters. The Morgan fingerprint density at radius 2 is 0.764 bits per heavy atom. The molecule has 22 nitrogen and oxygen atoms in total. The summed E-state index contributed by atoms with van der Waals surface area (Å²) in [5, 5.41) is 17.5. The summed E-state index contributed by atoms with van der Waals surface area (Å²) in [5.74, 6) is 0.215. The SMILES string of the molecule is O=c1cc[nH]c2ccc(I)cc12.[C-]#[N+]c1ccc2[nH]cc(Cl)c(=O)c2c1.[C-]#[N+]c1ccc2[nH]ccc(=O)c2c1.[C-]#[N+]c1ccc2ncc(Cl)c(Cl)c2c1.[C-]#[N+]c1ccc2ncc(Cl)c(NCCc3ccc4cc(C(=O)N5CCN(C)CC5)ccc4c3)c2c1.[C-]#[N+]c1ccc2ncc(Cl)c(NCCc3ccc4cc(C(=O)N5CCN(C)CC5)ccc4c3)c2c1. The van der Waals surface area contributed by atoms with Gasteiger partial charge in [-0.1, -0.05) is 137 Å². The normalized spacial score (nSPS) is 12.4. The summed E-state index contributed by atoms with van der Waals surface area (Å²) in [6.45, 7) is 43.2. The largest absolute Gasteiger partial charge is 0.383 e. The Bertz CT molecular complexity index is 6960. The van der Waals surface area contributed by atoms with Crippen LogP contribution >= 0.6 is 80.6 Å². The molecule has 0 atom stereocenters. The van der Waals surface area contributed by atoms with Crippen molar-refractivity contribution in [2.24, 2.45) is 0 Å². The molecule has 16 aromatic rings. The highest BCUT2D eigenvalue weighted by molar-refractivity contribution is 14.1. The first-order valence-electron chi connectivity index (χ1n) is 38.5. The van der Waals surface area contributed by atoms with E-state index < -0.39 is 0 Å². The highest BCUT2D eigenvalue weighted by Crippen LogP contribution is 2.36. The lowest BCUT2D eigenvalue weighted by Crippen LogP contribution is -2.47. The fourth-order valence-electron chi connectivity index (χ4n) is 13.8. The summed E-state index contributed by atoms with van der Waals surface area (Å²) in [6, 6.07) is 59.3. The molecule has 6 aromatic heterocycles. The van der Waals surface area contributed by atoms with Crippen LogP contribution in [-0.4, -0.2) is 141 Å². The molecule has 28 heteroatoms. The molecule has 18 rings (SSSR count). The second-order valence-electron chi connectivity index (χ2n) is 28.7. The number of halogens is 6. The van der Waals surface area contributed by atoms with Gasteiger partial charge in [-0.15, -0.1) is 0 Å². The van der Waals surface area contributed by atoms with Crippen molar-refractivity contribution in [3.8, 4) is 0 Å². The Hall–Kier alpha value is -13.3. The first-order valence-corrected chi connectivity index (χ1v) is 41.5. The van der Waals surface area contributed by atoms with E-state index in [4.69, 9.17) is 90.9 Å². The number of piperazine rings is 2. The van der Waals surface area contributed by atoms with Gasteiger partial charge in [0.05, 0.1) is 80.9 Å². The van der Waals surface area contributed by atoms with Gasteiger partial charge in [0.2, 0.25) is 5.43 Å². The Morgan fingerprint density at radius 1 is 0.398 bits per heavy atom. The van der Waals surface area contributed by atoms with Crippen molar-refractivity contribution in [3.05, 3.63) is 370 Å². The highest BCUT2D eigenvalue weighted by Gasteiger charge is 2.23. The van der Waals surface area contributed by atoms with Gasteiger partial charge in [-0.2, -0.15) is 0 Å². The molecule has 123 heavy (non-hydrogen) atoms. The van der Waals surface area contributed by atoms with Crippen LogP contribution in [0.25, 0.3) is 111 Å². The molecule has 2 amide bonds. The van der Waals surface area contributed by atoms with Crippen molar-refractivity contribution in [2.75, 3.05) is 90.2 Å². The average molecular weight is 1840 g/mol. The summed E-state index contributed by atoms with van der Waals surface area (Å²) in [6.07, 6.45) is 11.1. The Labute approximate surface area is 745 Å². The lowest BCUT2D eigenvalue weighted by molar-refractivity contribution is 0.0657. The number of nitrogens with one attached hydrogen (secondary N) is 5. The number of fused-ring (bicyclic) bond motifs is 8. The van der Waals surface area contributed by atoms with E-state index in [1.54, 1.807) is 91.5 Å². The van der Waals surface area contributed by atoms with Gasteiger partial charge in [0.1, 0.15) is 5.02 Å².